The molecule has 152 valence electrons. The molecule has 0 rings (SSSR count). The lowest BCUT2D eigenvalue weighted by Gasteiger charge is -2.08. The van der Waals surface area contributed by atoms with E-state index in [-0.39, 0.29) is 0 Å². The molecule has 0 radical (unpaired) electrons. The van der Waals surface area contributed by atoms with Crippen LogP contribution in [0.5, 0.6) is 0 Å². The molecule has 0 aromatic heterocycles. The molecule has 0 aliphatic carbocycles. The van der Waals surface area contributed by atoms with Crippen molar-refractivity contribution in [3.63, 3.8) is 0 Å². The third-order valence-corrected chi connectivity index (χ3v) is 3.44. The lowest BCUT2D eigenvalue weighted by atomic mass is 10.6. The SMILES string of the molecule is BrCCOCCOCCOCCOCCOCCOCCOCCI. The Hall–Kier alpha value is 0.930. The summed E-state index contributed by atoms with van der Waals surface area (Å²) in [6.07, 6.45) is 0. The summed E-state index contributed by atoms with van der Waals surface area (Å²) < 4.78 is 38.5. The Balaban J connectivity index is 2.94. The number of halogens is 2. The number of hydrogen-bond acceptors (Lipinski definition) is 7. The first-order valence-electron chi connectivity index (χ1n) is 8.58. The van der Waals surface area contributed by atoms with Crippen LogP contribution in [0.3, 0.4) is 0 Å². The zero-order valence-electron chi connectivity index (χ0n) is 14.9. The summed E-state index contributed by atoms with van der Waals surface area (Å²) in [6.45, 7) is 8.49. The zero-order valence-corrected chi connectivity index (χ0v) is 18.7. The first-order valence-corrected chi connectivity index (χ1v) is 11.2. The maximum Gasteiger partial charge on any atom is 0.0701 e. The molecule has 0 aliphatic heterocycles. The third-order valence-electron chi connectivity index (χ3n) is 2.68. The van der Waals surface area contributed by atoms with Gasteiger partial charge in [0.2, 0.25) is 0 Å². The fourth-order valence-electron chi connectivity index (χ4n) is 1.53. The van der Waals surface area contributed by atoms with Gasteiger partial charge in [-0.3, -0.25) is 0 Å². The zero-order chi connectivity index (χ0) is 18.3. The molecular formula is C16H32BrIO7. The van der Waals surface area contributed by atoms with Crippen molar-refractivity contribution in [2.24, 2.45) is 0 Å². The first kappa shape index (κ1) is 25.9. The van der Waals surface area contributed by atoms with E-state index >= 15 is 0 Å². The van der Waals surface area contributed by atoms with Gasteiger partial charge in [-0.2, -0.15) is 0 Å². The van der Waals surface area contributed by atoms with Gasteiger partial charge < -0.3 is 33.2 Å². The van der Waals surface area contributed by atoms with E-state index in [1.165, 1.54) is 0 Å². The first-order chi connectivity index (χ1) is 12.4. The van der Waals surface area contributed by atoms with Crippen molar-refractivity contribution in [3.05, 3.63) is 0 Å². The van der Waals surface area contributed by atoms with Gasteiger partial charge in [0, 0.05) is 9.76 Å². The predicted octanol–water partition coefficient (Wildman–Crippen LogP) is 1.93. The maximum absolute atomic E-state index is 5.40. The summed E-state index contributed by atoms with van der Waals surface area (Å²) in [5, 5.41) is 0.850. The van der Waals surface area contributed by atoms with Gasteiger partial charge >= 0.3 is 0 Å². The molecule has 0 fully saturated rings. The molecule has 7 nitrogen and oxygen atoms in total. The van der Waals surface area contributed by atoms with Crippen LogP contribution in [0.4, 0.5) is 0 Å². The van der Waals surface area contributed by atoms with Gasteiger partial charge in [-0.15, -0.1) is 0 Å². The van der Waals surface area contributed by atoms with E-state index in [0.717, 1.165) is 16.4 Å². The molecular weight excluding hydrogens is 511 g/mol. The van der Waals surface area contributed by atoms with Crippen molar-refractivity contribution in [1.29, 1.82) is 0 Å². The highest BCUT2D eigenvalue weighted by molar-refractivity contribution is 14.1. The summed E-state index contributed by atoms with van der Waals surface area (Å²) in [7, 11) is 0. The summed E-state index contributed by atoms with van der Waals surface area (Å²) in [4.78, 5) is 0. The van der Waals surface area contributed by atoms with Gasteiger partial charge in [-0.25, -0.2) is 0 Å². The average molecular weight is 543 g/mol. The van der Waals surface area contributed by atoms with Gasteiger partial charge in [0.15, 0.2) is 0 Å². The van der Waals surface area contributed by atoms with Crippen LogP contribution in [0.25, 0.3) is 0 Å². The minimum Gasteiger partial charge on any atom is -0.378 e. The average Bonchev–Trinajstić information content (AvgIpc) is 2.63. The van der Waals surface area contributed by atoms with Gasteiger partial charge in [0.05, 0.1) is 92.5 Å². The van der Waals surface area contributed by atoms with Crippen LogP contribution in [0.15, 0.2) is 0 Å². The van der Waals surface area contributed by atoms with Crippen LogP contribution in [0, 0.1) is 0 Å². The number of ether oxygens (including phenoxy) is 7. The summed E-state index contributed by atoms with van der Waals surface area (Å²) in [6, 6.07) is 0. The highest BCUT2D eigenvalue weighted by Gasteiger charge is 1.94. The van der Waals surface area contributed by atoms with Crippen LogP contribution in [-0.2, 0) is 33.2 Å². The Morgan fingerprint density at radius 1 is 0.400 bits per heavy atom. The summed E-state index contributed by atoms with van der Waals surface area (Å²) in [5.41, 5.74) is 0. The predicted molar refractivity (Wildman–Crippen MR) is 108 cm³/mol. The second-order valence-electron chi connectivity index (χ2n) is 4.66. The van der Waals surface area contributed by atoms with Crippen LogP contribution in [0.1, 0.15) is 0 Å². The van der Waals surface area contributed by atoms with Crippen LogP contribution >= 0.6 is 38.5 Å². The Kier molecular flexibility index (Phi) is 25.9. The molecule has 0 saturated carbocycles. The molecule has 0 unspecified atom stereocenters. The van der Waals surface area contributed by atoms with Gasteiger partial charge in [0.1, 0.15) is 0 Å². The van der Waals surface area contributed by atoms with Gasteiger partial charge in [-0.1, -0.05) is 38.5 Å². The fraction of sp³-hybridized carbons (Fsp3) is 1.00. The largest absolute Gasteiger partial charge is 0.378 e. The molecule has 0 bridgehead atoms. The number of rotatable bonds is 22. The van der Waals surface area contributed by atoms with E-state index in [1.54, 1.807) is 0 Å². The maximum atomic E-state index is 5.40. The smallest absolute Gasteiger partial charge is 0.0701 e. The van der Waals surface area contributed by atoms with Gasteiger partial charge in [0.25, 0.3) is 0 Å². The lowest BCUT2D eigenvalue weighted by Crippen LogP contribution is -2.14. The summed E-state index contributed by atoms with van der Waals surface area (Å²) >= 11 is 5.57. The minimum absolute atomic E-state index is 0.558. The summed E-state index contributed by atoms with van der Waals surface area (Å²) in [5.74, 6) is 0. The van der Waals surface area contributed by atoms with Crippen LogP contribution in [-0.4, -0.2) is 102 Å². The topological polar surface area (TPSA) is 64.6 Å². The van der Waals surface area contributed by atoms with Crippen molar-refractivity contribution in [2.45, 2.75) is 0 Å². The Morgan fingerprint density at radius 2 is 0.640 bits per heavy atom. The fourth-order valence-corrected chi connectivity index (χ4v) is 2.07. The molecule has 0 heterocycles. The van der Waals surface area contributed by atoms with Crippen LogP contribution < -0.4 is 0 Å². The Morgan fingerprint density at radius 3 is 0.880 bits per heavy atom. The molecule has 0 amide bonds. The minimum atomic E-state index is 0.558. The van der Waals surface area contributed by atoms with Crippen molar-refractivity contribution >= 4 is 38.5 Å². The van der Waals surface area contributed by atoms with E-state index in [0.29, 0.717) is 85.9 Å². The Bertz CT molecular complexity index is 219. The van der Waals surface area contributed by atoms with Crippen LogP contribution in [0.2, 0.25) is 0 Å². The second-order valence-corrected chi connectivity index (χ2v) is 6.54. The molecule has 0 saturated heterocycles. The molecule has 0 aliphatic rings. The van der Waals surface area contributed by atoms with E-state index in [4.69, 9.17) is 33.2 Å². The van der Waals surface area contributed by atoms with Crippen molar-refractivity contribution in [2.75, 3.05) is 102 Å². The third kappa shape index (κ3) is 24.9. The molecule has 0 aromatic rings. The molecule has 25 heavy (non-hydrogen) atoms. The molecule has 0 aromatic carbocycles. The quantitative estimate of drug-likeness (QED) is 0.118. The second kappa shape index (κ2) is 24.9. The van der Waals surface area contributed by atoms with Crippen molar-refractivity contribution < 1.29 is 33.2 Å². The van der Waals surface area contributed by atoms with Crippen molar-refractivity contribution in [3.8, 4) is 0 Å². The number of alkyl halides is 2. The highest BCUT2D eigenvalue weighted by atomic mass is 127. The highest BCUT2D eigenvalue weighted by Crippen LogP contribution is 1.86. The molecule has 0 atom stereocenters. The van der Waals surface area contributed by atoms with E-state index in [2.05, 4.69) is 38.5 Å². The monoisotopic (exact) mass is 542 g/mol. The standard InChI is InChI=1S/C16H32BrIO7/c17-1-3-19-5-7-21-9-11-23-13-15-25-16-14-24-12-10-22-8-6-20-4-2-18/h1-16H2. The molecule has 0 spiro atoms. The lowest BCUT2D eigenvalue weighted by molar-refractivity contribution is -0.0195. The Labute approximate surface area is 173 Å². The van der Waals surface area contributed by atoms with E-state index in [9.17, 15) is 0 Å². The molecule has 9 heteroatoms. The van der Waals surface area contributed by atoms with Crippen molar-refractivity contribution in [1.82, 2.24) is 0 Å². The van der Waals surface area contributed by atoms with Gasteiger partial charge in [-0.05, 0) is 0 Å². The van der Waals surface area contributed by atoms with E-state index < -0.39 is 0 Å². The van der Waals surface area contributed by atoms with E-state index in [1.807, 2.05) is 0 Å². The normalized spacial score (nSPS) is 11.3. The number of hydrogen-bond donors (Lipinski definition) is 0. The molecule has 0 N–H and O–H groups in total.